The number of halogens is 2. The van der Waals surface area contributed by atoms with E-state index in [0.29, 0.717) is 12.3 Å². The van der Waals surface area contributed by atoms with E-state index in [4.69, 9.17) is 0 Å². The molecule has 1 saturated carbocycles. The van der Waals surface area contributed by atoms with Gasteiger partial charge >= 0.3 is 5.92 Å². The molecule has 0 spiro atoms. The number of ketones is 1. The minimum Gasteiger partial charge on any atom is -0.287 e. The Morgan fingerprint density at radius 3 is 2.20 bits per heavy atom. The molecule has 0 aliphatic heterocycles. The second-order valence-electron chi connectivity index (χ2n) is 7.62. The van der Waals surface area contributed by atoms with Gasteiger partial charge in [0.2, 0.25) is 5.78 Å². The first-order chi connectivity index (χ1) is 12.0. The van der Waals surface area contributed by atoms with E-state index in [1.165, 1.54) is 56.9 Å². The maximum absolute atomic E-state index is 13.8. The van der Waals surface area contributed by atoms with Gasteiger partial charge in [0.05, 0.1) is 0 Å². The number of benzene rings is 1. The standard InChI is InChI=1S/C22H32F2O/c1-3-5-6-7-17-8-10-18(11-9-17)19-12-14-20(15-13-19)21(25)22(23,24)16-4-2/h12-15,17-18H,3-11,16H2,1-2H3/t17-,18-. The van der Waals surface area contributed by atoms with Crippen molar-refractivity contribution in [3.8, 4) is 0 Å². The first-order valence-electron chi connectivity index (χ1n) is 10.0. The molecule has 0 bridgehead atoms. The van der Waals surface area contributed by atoms with Crippen LogP contribution in [0, 0.1) is 5.92 Å². The Hall–Kier alpha value is -1.25. The second kappa shape index (κ2) is 9.45. The van der Waals surface area contributed by atoms with Crippen LogP contribution in [-0.2, 0) is 0 Å². The number of alkyl halides is 2. The summed E-state index contributed by atoms with van der Waals surface area (Å²) >= 11 is 0. The van der Waals surface area contributed by atoms with Crippen LogP contribution < -0.4 is 0 Å². The minimum atomic E-state index is -3.24. The van der Waals surface area contributed by atoms with Gasteiger partial charge in [0.15, 0.2) is 0 Å². The molecule has 2 rings (SSSR count). The highest BCUT2D eigenvalue weighted by molar-refractivity contribution is 6.01. The summed E-state index contributed by atoms with van der Waals surface area (Å²) < 4.78 is 27.6. The van der Waals surface area contributed by atoms with Crippen LogP contribution in [0.4, 0.5) is 8.78 Å². The molecule has 1 nitrogen and oxygen atoms in total. The van der Waals surface area contributed by atoms with Crippen molar-refractivity contribution < 1.29 is 13.6 Å². The lowest BCUT2D eigenvalue weighted by atomic mass is 9.77. The van der Waals surface area contributed by atoms with E-state index in [1.54, 1.807) is 19.1 Å². The van der Waals surface area contributed by atoms with Crippen molar-refractivity contribution in [1.82, 2.24) is 0 Å². The third-order valence-electron chi connectivity index (χ3n) is 5.60. The molecule has 0 saturated heterocycles. The zero-order valence-electron chi connectivity index (χ0n) is 15.7. The Kier molecular flexibility index (Phi) is 7.58. The number of carbonyl (C=O) groups excluding carboxylic acids is 1. The third-order valence-corrected chi connectivity index (χ3v) is 5.60. The topological polar surface area (TPSA) is 17.1 Å². The Morgan fingerprint density at radius 1 is 1.00 bits per heavy atom. The lowest BCUT2D eigenvalue weighted by Crippen LogP contribution is -2.28. The van der Waals surface area contributed by atoms with E-state index >= 15 is 0 Å². The molecular weight excluding hydrogens is 318 g/mol. The van der Waals surface area contributed by atoms with Crippen molar-refractivity contribution in [2.75, 3.05) is 0 Å². The Balaban J connectivity index is 1.90. The van der Waals surface area contributed by atoms with Gasteiger partial charge in [0, 0.05) is 12.0 Å². The van der Waals surface area contributed by atoms with E-state index in [9.17, 15) is 13.6 Å². The highest BCUT2D eigenvalue weighted by atomic mass is 19.3. The fourth-order valence-electron chi connectivity index (χ4n) is 4.01. The van der Waals surface area contributed by atoms with Gasteiger partial charge in [-0.3, -0.25) is 4.79 Å². The van der Waals surface area contributed by atoms with Crippen LogP contribution in [0.15, 0.2) is 24.3 Å². The Bertz CT molecular complexity index is 527. The van der Waals surface area contributed by atoms with E-state index in [-0.39, 0.29) is 12.0 Å². The molecule has 1 aromatic rings. The number of rotatable bonds is 9. The molecule has 0 unspecified atom stereocenters. The smallest absolute Gasteiger partial charge is 0.287 e. The van der Waals surface area contributed by atoms with Gasteiger partial charge in [-0.05, 0) is 49.5 Å². The fourth-order valence-corrected chi connectivity index (χ4v) is 4.01. The van der Waals surface area contributed by atoms with E-state index in [2.05, 4.69) is 6.92 Å². The minimum absolute atomic E-state index is 0.135. The molecular formula is C22H32F2O. The van der Waals surface area contributed by atoms with Crippen LogP contribution in [0.1, 0.15) is 99.9 Å². The van der Waals surface area contributed by atoms with Crippen LogP contribution in [0.25, 0.3) is 0 Å². The average molecular weight is 350 g/mol. The number of hydrogen-bond donors (Lipinski definition) is 0. The maximum Gasteiger partial charge on any atom is 0.309 e. The quantitative estimate of drug-likeness (QED) is 0.341. The molecule has 140 valence electrons. The summed E-state index contributed by atoms with van der Waals surface area (Å²) in [7, 11) is 0. The van der Waals surface area contributed by atoms with Crippen molar-refractivity contribution in [3.05, 3.63) is 35.4 Å². The molecule has 0 N–H and O–H groups in total. The van der Waals surface area contributed by atoms with Gasteiger partial charge in [-0.15, -0.1) is 0 Å². The first kappa shape index (κ1) is 20.1. The van der Waals surface area contributed by atoms with Gasteiger partial charge in [0.25, 0.3) is 0 Å². The van der Waals surface area contributed by atoms with Gasteiger partial charge in [-0.2, -0.15) is 8.78 Å². The summed E-state index contributed by atoms with van der Waals surface area (Å²) in [6, 6.07) is 6.96. The van der Waals surface area contributed by atoms with Crippen molar-refractivity contribution in [3.63, 3.8) is 0 Å². The number of carbonyl (C=O) groups is 1. The fraction of sp³-hybridized carbons (Fsp3) is 0.682. The summed E-state index contributed by atoms with van der Waals surface area (Å²) in [6.07, 6.45) is 10.1. The van der Waals surface area contributed by atoms with Crippen LogP contribution in [0.5, 0.6) is 0 Å². The molecule has 25 heavy (non-hydrogen) atoms. The molecule has 1 aliphatic rings. The zero-order chi connectivity index (χ0) is 18.3. The molecule has 0 aromatic heterocycles. The normalized spacial score (nSPS) is 21.3. The third kappa shape index (κ3) is 5.62. The average Bonchev–Trinajstić information content (AvgIpc) is 2.62. The lowest BCUT2D eigenvalue weighted by Gasteiger charge is -2.29. The van der Waals surface area contributed by atoms with E-state index < -0.39 is 11.7 Å². The van der Waals surface area contributed by atoms with Gasteiger partial charge in [0.1, 0.15) is 0 Å². The SMILES string of the molecule is CCCCC[C@H]1CC[C@H](c2ccc(C(=O)C(F)(F)CCC)cc2)CC1. The van der Waals surface area contributed by atoms with Crippen molar-refractivity contribution in [2.24, 2.45) is 5.92 Å². The zero-order valence-corrected chi connectivity index (χ0v) is 15.7. The molecule has 1 aliphatic carbocycles. The van der Waals surface area contributed by atoms with Crippen LogP contribution >= 0.6 is 0 Å². The van der Waals surface area contributed by atoms with Gasteiger partial charge in [-0.1, -0.05) is 63.8 Å². The van der Waals surface area contributed by atoms with Crippen molar-refractivity contribution >= 4 is 5.78 Å². The molecule has 0 radical (unpaired) electrons. The molecule has 0 amide bonds. The molecule has 1 aromatic carbocycles. The second-order valence-corrected chi connectivity index (χ2v) is 7.62. The van der Waals surface area contributed by atoms with Gasteiger partial charge in [-0.25, -0.2) is 0 Å². The first-order valence-corrected chi connectivity index (χ1v) is 10.0. The summed E-state index contributed by atoms with van der Waals surface area (Å²) in [6.45, 7) is 3.91. The summed E-state index contributed by atoms with van der Waals surface area (Å²) in [5.74, 6) is -2.91. The predicted octanol–water partition coefficient (Wildman–Crippen LogP) is 7.16. The van der Waals surface area contributed by atoms with Gasteiger partial charge < -0.3 is 0 Å². The predicted molar refractivity (Wildman–Crippen MR) is 99.5 cm³/mol. The highest BCUT2D eigenvalue weighted by Crippen LogP contribution is 2.38. The molecule has 0 heterocycles. The largest absolute Gasteiger partial charge is 0.309 e. The summed E-state index contributed by atoms with van der Waals surface area (Å²) in [4.78, 5) is 12.0. The van der Waals surface area contributed by atoms with Crippen molar-refractivity contribution in [2.45, 2.75) is 89.9 Å². The van der Waals surface area contributed by atoms with E-state index in [1.807, 2.05) is 12.1 Å². The van der Waals surface area contributed by atoms with Crippen LogP contribution in [-0.4, -0.2) is 11.7 Å². The summed E-state index contributed by atoms with van der Waals surface area (Å²) in [5.41, 5.74) is 1.33. The highest BCUT2D eigenvalue weighted by Gasteiger charge is 2.38. The monoisotopic (exact) mass is 350 g/mol. The van der Waals surface area contributed by atoms with Crippen LogP contribution in [0.2, 0.25) is 0 Å². The molecule has 1 fully saturated rings. The van der Waals surface area contributed by atoms with Crippen molar-refractivity contribution in [1.29, 1.82) is 0 Å². The number of unbranched alkanes of at least 4 members (excludes halogenated alkanes) is 2. The number of hydrogen-bond acceptors (Lipinski definition) is 1. The molecule has 0 atom stereocenters. The van der Waals surface area contributed by atoms with E-state index in [0.717, 1.165) is 5.92 Å². The maximum atomic E-state index is 13.8. The Labute approximate surface area is 151 Å². The van der Waals surface area contributed by atoms with Crippen LogP contribution in [0.3, 0.4) is 0 Å². The molecule has 3 heteroatoms. The Morgan fingerprint density at radius 2 is 1.64 bits per heavy atom. The summed E-state index contributed by atoms with van der Waals surface area (Å²) in [5, 5.41) is 0. The number of Topliss-reactive ketones (excluding diaryl/α,β-unsaturated/α-hetero) is 1. The lowest BCUT2D eigenvalue weighted by molar-refractivity contribution is 0.00453.